The Hall–Kier alpha value is -1.75. The summed E-state index contributed by atoms with van der Waals surface area (Å²) in [6.45, 7) is 1.79. The number of aromatic nitrogens is 3. The van der Waals surface area contributed by atoms with Crippen molar-refractivity contribution in [2.45, 2.75) is 13.0 Å². The normalized spacial score (nSPS) is 12.7. The Bertz CT molecular complexity index is 410. The van der Waals surface area contributed by atoms with Crippen LogP contribution in [-0.2, 0) is 0 Å². The number of nitrogens with zero attached hydrogens (tertiary/aromatic N) is 3. The minimum atomic E-state index is -0.250. The van der Waals surface area contributed by atoms with Crippen LogP contribution in [0.4, 0.5) is 0 Å². The summed E-state index contributed by atoms with van der Waals surface area (Å²) in [5.41, 5.74) is 6.27. The zero-order valence-corrected chi connectivity index (χ0v) is 7.71. The Morgan fingerprint density at radius 1 is 1.43 bits per heavy atom. The van der Waals surface area contributed by atoms with E-state index >= 15 is 0 Å². The SMILES string of the molecule is C[C@H](N)c1nc(-c2ccccn2)no1. The van der Waals surface area contributed by atoms with E-state index in [2.05, 4.69) is 15.1 Å². The highest BCUT2D eigenvalue weighted by molar-refractivity contribution is 5.47. The number of rotatable bonds is 2. The van der Waals surface area contributed by atoms with E-state index in [1.807, 2.05) is 18.2 Å². The summed E-state index contributed by atoms with van der Waals surface area (Å²) in [5.74, 6) is 0.892. The fourth-order valence-electron chi connectivity index (χ4n) is 1.02. The van der Waals surface area contributed by atoms with E-state index in [-0.39, 0.29) is 6.04 Å². The molecule has 14 heavy (non-hydrogen) atoms. The van der Waals surface area contributed by atoms with Crippen molar-refractivity contribution in [2.75, 3.05) is 0 Å². The van der Waals surface area contributed by atoms with E-state index in [1.165, 1.54) is 0 Å². The van der Waals surface area contributed by atoms with Gasteiger partial charge in [-0.25, -0.2) is 0 Å². The quantitative estimate of drug-likeness (QED) is 0.768. The van der Waals surface area contributed by atoms with Crippen molar-refractivity contribution in [3.05, 3.63) is 30.3 Å². The van der Waals surface area contributed by atoms with E-state index in [0.29, 0.717) is 17.4 Å². The Morgan fingerprint density at radius 3 is 2.86 bits per heavy atom. The summed E-state index contributed by atoms with van der Waals surface area (Å²) in [5, 5.41) is 3.78. The van der Waals surface area contributed by atoms with E-state index in [0.717, 1.165) is 0 Å². The molecule has 72 valence electrons. The Balaban J connectivity index is 2.34. The van der Waals surface area contributed by atoms with E-state index in [1.54, 1.807) is 13.1 Å². The zero-order chi connectivity index (χ0) is 9.97. The molecule has 5 nitrogen and oxygen atoms in total. The third kappa shape index (κ3) is 1.62. The molecule has 0 aromatic carbocycles. The molecule has 0 amide bonds. The van der Waals surface area contributed by atoms with Gasteiger partial charge in [-0.2, -0.15) is 4.98 Å². The molecule has 0 radical (unpaired) electrons. The van der Waals surface area contributed by atoms with Crippen molar-refractivity contribution in [3.63, 3.8) is 0 Å². The topological polar surface area (TPSA) is 77.8 Å². The predicted octanol–water partition coefficient (Wildman–Crippen LogP) is 1.15. The average Bonchev–Trinajstić information content (AvgIpc) is 2.68. The van der Waals surface area contributed by atoms with E-state index in [9.17, 15) is 0 Å². The molecule has 0 bridgehead atoms. The molecule has 2 aromatic heterocycles. The maximum absolute atomic E-state index is 5.59. The molecular weight excluding hydrogens is 180 g/mol. The van der Waals surface area contributed by atoms with Gasteiger partial charge in [0.2, 0.25) is 11.7 Å². The van der Waals surface area contributed by atoms with Gasteiger partial charge in [0.25, 0.3) is 0 Å². The summed E-state index contributed by atoms with van der Waals surface area (Å²) in [6, 6.07) is 5.26. The fourth-order valence-corrected chi connectivity index (χ4v) is 1.02. The van der Waals surface area contributed by atoms with Gasteiger partial charge in [0.15, 0.2) is 0 Å². The minimum Gasteiger partial charge on any atom is -0.337 e. The number of nitrogens with two attached hydrogens (primary N) is 1. The molecule has 0 aliphatic rings. The molecule has 0 saturated heterocycles. The summed E-state index contributed by atoms with van der Waals surface area (Å²) in [4.78, 5) is 8.21. The van der Waals surface area contributed by atoms with Gasteiger partial charge in [0.1, 0.15) is 5.69 Å². The summed E-state index contributed by atoms with van der Waals surface area (Å²) < 4.78 is 4.95. The van der Waals surface area contributed by atoms with Crippen LogP contribution < -0.4 is 5.73 Å². The highest BCUT2D eigenvalue weighted by Crippen LogP contribution is 2.14. The minimum absolute atomic E-state index is 0.250. The Morgan fingerprint density at radius 2 is 2.29 bits per heavy atom. The molecule has 2 rings (SSSR count). The Labute approximate surface area is 81.0 Å². The van der Waals surface area contributed by atoms with Crippen molar-refractivity contribution in [3.8, 4) is 11.5 Å². The smallest absolute Gasteiger partial charge is 0.243 e. The highest BCUT2D eigenvalue weighted by atomic mass is 16.5. The molecule has 1 atom stereocenters. The highest BCUT2D eigenvalue weighted by Gasteiger charge is 2.11. The first-order chi connectivity index (χ1) is 6.77. The fraction of sp³-hybridized carbons (Fsp3) is 0.222. The lowest BCUT2D eigenvalue weighted by Crippen LogP contribution is -2.04. The van der Waals surface area contributed by atoms with Crippen LogP contribution in [0.1, 0.15) is 18.9 Å². The third-order valence-corrected chi connectivity index (χ3v) is 1.73. The van der Waals surface area contributed by atoms with Crippen molar-refractivity contribution in [2.24, 2.45) is 5.73 Å². The van der Waals surface area contributed by atoms with Gasteiger partial charge in [-0.15, -0.1) is 0 Å². The first-order valence-corrected chi connectivity index (χ1v) is 4.28. The zero-order valence-electron chi connectivity index (χ0n) is 7.71. The maximum Gasteiger partial charge on any atom is 0.243 e. The molecule has 2 heterocycles. The van der Waals surface area contributed by atoms with Crippen LogP contribution in [0, 0.1) is 0 Å². The van der Waals surface area contributed by atoms with Crippen molar-refractivity contribution in [1.29, 1.82) is 0 Å². The molecule has 2 aromatic rings. The monoisotopic (exact) mass is 190 g/mol. The summed E-state index contributed by atoms with van der Waals surface area (Å²) in [7, 11) is 0. The van der Waals surface area contributed by atoms with E-state index < -0.39 is 0 Å². The lowest BCUT2D eigenvalue weighted by molar-refractivity contribution is 0.362. The number of hydrogen-bond acceptors (Lipinski definition) is 5. The molecule has 0 aliphatic heterocycles. The summed E-state index contributed by atoms with van der Waals surface area (Å²) in [6.07, 6.45) is 1.68. The van der Waals surface area contributed by atoms with Gasteiger partial charge >= 0.3 is 0 Å². The molecule has 2 N–H and O–H groups in total. The van der Waals surface area contributed by atoms with Gasteiger partial charge in [-0.1, -0.05) is 11.2 Å². The van der Waals surface area contributed by atoms with Crippen LogP contribution >= 0.6 is 0 Å². The maximum atomic E-state index is 5.59. The number of pyridine rings is 1. The molecule has 5 heteroatoms. The lowest BCUT2D eigenvalue weighted by Gasteiger charge is -1.93. The average molecular weight is 190 g/mol. The van der Waals surface area contributed by atoms with Gasteiger partial charge in [-0.05, 0) is 19.1 Å². The molecule has 0 spiro atoms. The van der Waals surface area contributed by atoms with Crippen LogP contribution in [0.2, 0.25) is 0 Å². The van der Waals surface area contributed by atoms with Gasteiger partial charge < -0.3 is 10.3 Å². The van der Waals surface area contributed by atoms with Crippen LogP contribution in [0.3, 0.4) is 0 Å². The second kappa shape index (κ2) is 3.55. The van der Waals surface area contributed by atoms with Gasteiger partial charge in [-0.3, -0.25) is 4.98 Å². The van der Waals surface area contributed by atoms with Gasteiger partial charge in [0, 0.05) is 6.20 Å². The van der Waals surface area contributed by atoms with E-state index in [4.69, 9.17) is 10.3 Å². The van der Waals surface area contributed by atoms with Crippen LogP contribution in [0.25, 0.3) is 11.5 Å². The molecular formula is C9H10N4O. The molecule has 0 saturated carbocycles. The lowest BCUT2D eigenvalue weighted by atomic mass is 10.3. The first-order valence-electron chi connectivity index (χ1n) is 4.28. The van der Waals surface area contributed by atoms with Crippen molar-refractivity contribution < 1.29 is 4.52 Å². The molecule has 0 fully saturated rings. The second-order valence-electron chi connectivity index (χ2n) is 2.96. The predicted molar refractivity (Wildman–Crippen MR) is 50.1 cm³/mol. The van der Waals surface area contributed by atoms with Crippen molar-refractivity contribution >= 4 is 0 Å². The standard InChI is InChI=1S/C9H10N4O/c1-6(10)9-12-8(13-14-9)7-4-2-3-5-11-7/h2-6H,10H2,1H3/t6-/m0/s1. The van der Waals surface area contributed by atoms with Gasteiger partial charge in [0.05, 0.1) is 6.04 Å². The summed E-state index contributed by atoms with van der Waals surface area (Å²) >= 11 is 0. The number of hydrogen-bond donors (Lipinski definition) is 1. The third-order valence-electron chi connectivity index (χ3n) is 1.73. The van der Waals surface area contributed by atoms with Crippen LogP contribution in [0.15, 0.2) is 28.9 Å². The first kappa shape index (κ1) is 8.83. The Kier molecular flexibility index (Phi) is 2.24. The largest absolute Gasteiger partial charge is 0.337 e. The van der Waals surface area contributed by atoms with Crippen LogP contribution in [0.5, 0.6) is 0 Å². The second-order valence-corrected chi connectivity index (χ2v) is 2.96. The molecule has 0 unspecified atom stereocenters. The van der Waals surface area contributed by atoms with Crippen molar-refractivity contribution in [1.82, 2.24) is 15.1 Å². The molecule has 0 aliphatic carbocycles. The van der Waals surface area contributed by atoms with Crippen LogP contribution in [-0.4, -0.2) is 15.1 Å².